The molecule has 0 amide bonds. The maximum Gasteiger partial charge on any atom is 0.161 e. The Kier molecular flexibility index (Phi) is 7.31. The lowest BCUT2D eigenvalue weighted by atomic mass is 10.1. The summed E-state index contributed by atoms with van der Waals surface area (Å²) in [7, 11) is 1.68. The second-order valence-electron chi connectivity index (χ2n) is 6.81. The third kappa shape index (κ3) is 5.84. The van der Waals surface area contributed by atoms with Gasteiger partial charge in [0.2, 0.25) is 0 Å². The number of rotatable bonds is 8. The van der Waals surface area contributed by atoms with E-state index in [9.17, 15) is 0 Å². The number of methoxy groups -OCH3 is 1. The van der Waals surface area contributed by atoms with Crippen molar-refractivity contribution >= 4 is 6.08 Å². The molecule has 1 aliphatic rings. The van der Waals surface area contributed by atoms with Gasteiger partial charge in [-0.2, -0.15) is 0 Å². The molecule has 1 fully saturated rings. The van der Waals surface area contributed by atoms with Gasteiger partial charge in [-0.25, -0.2) is 0 Å². The van der Waals surface area contributed by atoms with Gasteiger partial charge in [0.15, 0.2) is 11.5 Å². The fraction of sp³-hybridized carbons (Fsp3) is 0.391. The van der Waals surface area contributed by atoms with Crippen LogP contribution in [-0.2, 0) is 6.54 Å². The molecule has 2 aromatic carbocycles. The first kappa shape index (κ1) is 19.5. The van der Waals surface area contributed by atoms with Crippen molar-refractivity contribution in [1.29, 1.82) is 0 Å². The van der Waals surface area contributed by atoms with Gasteiger partial charge in [0, 0.05) is 39.3 Å². The van der Waals surface area contributed by atoms with E-state index in [0.717, 1.165) is 50.8 Å². The highest BCUT2D eigenvalue weighted by Crippen LogP contribution is 2.28. The predicted octanol–water partition coefficient (Wildman–Crippen LogP) is 3.92. The quantitative estimate of drug-likeness (QED) is 0.707. The van der Waals surface area contributed by atoms with Crippen molar-refractivity contribution in [1.82, 2.24) is 9.80 Å². The lowest BCUT2D eigenvalue weighted by Crippen LogP contribution is -2.45. The molecule has 1 heterocycles. The molecule has 0 radical (unpaired) electrons. The molecule has 0 spiro atoms. The van der Waals surface area contributed by atoms with Crippen molar-refractivity contribution in [3.8, 4) is 11.5 Å². The normalized spacial score (nSPS) is 15.9. The third-order valence-corrected chi connectivity index (χ3v) is 4.87. The highest BCUT2D eigenvalue weighted by Gasteiger charge is 2.16. The minimum absolute atomic E-state index is 0.648. The first-order chi connectivity index (χ1) is 13.3. The Morgan fingerprint density at radius 3 is 2.37 bits per heavy atom. The number of piperazine rings is 1. The summed E-state index contributed by atoms with van der Waals surface area (Å²) < 4.78 is 11.1. The average Bonchev–Trinajstić information content (AvgIpc) is 2.71. The maximum absolute atomic E-state index is 5.70. The van der Waals surface area contributed by atoms with Crippen molar-refractivity contribution in [2.75, 3.05) is 46.4 Å². The van der Waals surface area contributed by atoms with E-state index in [1.807, 2.05) is 13.0 Å². The van der Waals surface area contributed by atoms with Crippen LogP contribution in [0.1, 0.15) is 18.1 Å². The fourth-order valence-electron chi connectivity index (χ4n) is 3.38. The second-order valence-corrected chi connectivity index (χ2v) is 6.81. The molecule has 0 aliphatic carbocycles. The van der Waals surface area contributed by atoms with Gasteiger partial charge in [0.25, 0.3) is 0 Å². The van der Waals surface area contributed by atoms with Gasteiger partial charge >= 0.3 is 0 Å². The third-order valence-electron chi connectivity index (χ3n) is 4.87. The van der Waals surface area contributed by atoms with Crippen LogP contribution >= 0.6 is 0 Å². The molecule has 0 atom stereocenters. The summed E-state index contributed by atoms with van der Waals surface area (Å²) in [5, 5.41) is 0. The first-order valence-corrected chi connectivity index (χ1v) is 9.74. The van der Waals surface area contributed by atoms with Crippen LogP contribution < -0.4 is 9.47 Å². The number of nitrogens with zero attached hydrogens (tertiary/aromatic N) is 2. The Morgan fingerprint density at radius 2 is 1.67 bits per heavy atom. The minimum Gasteiger partial charge on any atom is -0.493 e. The predicted molar refractivity (Wildman–Crippen MR) is 111 cm³/mol. The molecule has 144 valence electrons. The van der Waals surface area contributed by atoms with E-state index < -0.39 is 0 Å². The topological polar surface area (TPSA) is 24.9 Å². The van der Waals surface area contributed by atoms with Crippen LogP contribution in [0.25, 0.3) is 6.08 Å². The van der Waals surface area contributed by atoms with Gasteiger partial charge in [-0.05, 0) is 30.2 Å². The van der Waals surface area contributed by atoms with E-state index in [-0.39, 0.29) is 0 Å². The van der Waals surface area contributed by atoms with E-state index in [1.54, 1.807) is 7.11 Å². The summed E-state index contributed by atoms with van der Waals surface area (Å²) in [6.07, 6.45) is 4.47. The molecular weight excluding hydrogens is 336 g/mol. The monoisotopic (exact) mass is 366 g/mol. The molecular formula is C23H30N2O2. The number of ether oxygens (including phenoxy) is 2. The summed E-state index contributed by atoms with van der Waals surface area (Å²) >= 11 is 0. The molecule has 0 unspecified atom stereocenters. The van der Waals surface area contributed by atoms with Gasteiger partial charge in [-0.3, -0.25) is 9.80 Å². The average molecular weight is 367 g/mol. The lowest BCUT2D eigenvalue weighted by molar-refractivity contribution is 0.137. The molecule has 0 bridgehead atoms. The molecule has 3 rings (SSSR count). The van der Waals surface area contributed by atoms with Crippen molar-refractivity contribution in [3.63, 3.8) is 0 Å². The highest BCUT2D eigenvalue weighted by molar-refractivity contribution is 5.48. The van der Waals surface area contributed by atoms with E-state index in [2.05, 4.69) is 64.4 Å². The largest absolute Gasteiger partial charge is 0.493 e. The van der Waals surface area contributed by atoms with Crippen molar-refractivity contribution < 1.29 is 9.47 Å². The Bertz CT molecular complexity index is 722. The van der Waals surface area contributed by atoms with E-state index in [4.69, 9.17) is 9.47 Å². The molecule has 0 N–H and O–H groups in total. The molecule has 4 nitrogen and oxygen atoms in total. The Hall–Kier alpha value is -2.30. The Labute approximate surface area is 163 Å². The van der Waals surface area contributed by atoms with Gasteiger partial charge in [-0.15, -0.1) is 0 Å². The van der Waals surface area contributed by atoms with Crippen molar-refractivity contribution in [2.24, 2.45) is 0 Å². The number of hydrogen-bond donors (Lipinski definition) is 0. The van der Waals surface area contributed by atoms with Crippen LogP contribution in [0, 0.1) is 0 Å². The summed E-state index contributed by atoms with van der Waals surface area (Å²) in [6.45, 7) is 9.01. The smallest absolute Gasteiger partial charge is 0.161 e. The van der Waals surface area contributed by atoms with Gasteiger partial charge in [0.05, 0.1) is 13.7 Å². The number of hydrogen-bond acceptors (Lipinski definition) is 4. The zero-order valence-electron chi connectivity index (χ0n) is 16.4. The standard InChI is InChI=1S/C23H30N2O2/c1-3-27-23-18-21(11-12-22(23)26-2)19-25-16-14-24(15-17-25)13-7-10-20-8-5-4-6-9-20/h4-12,18H,3,13-17,19H2,1-2H3. The summed E-state index contributed by atoms with van der Waals surface area (Å²) in [6, 6.07) is 16.7. The van der Waals surface area contributed by atoms with Crippen LogP contribution in [-0.4, -0.2) is 56.2 Å². The molecule has 4 heteroatoms. The fourth-order valence-corrected chi connectivity index (χ4v) is 3.38. The first-order valence-electron chi connectivity index (χ1n) is 9.74. The zero-order chi connectivity index (χ0) is 18.9. The molecule has 1 aliphatic heterocycles. The van der Waals surface area contributed by atoms with E-state index >= 15 is 0 Å². The van der Waals surface area contributed by atoms with E-state index in [1.165, 1.54) is 11.1 Å². The van der Waals surface area contributed by atoms with Gasteiger partial charge in [-0.1, -0.05) is 48.6 Å². The molecule has 1 saturated heterocycles. The van der Waals surface area contributed by atoms with Crippen LogP contribution in [0.4, 0.5) is 0 Å². The highest BCUT2D eigenvalue weighted by atomic mass is 16.5. The summed E-state index contributed by atoms with van der Waals surface area (Å²) in [5.41, 5.74) is 2.54. The van der Waals surface area contributed by atoms with Gasteiger partial charge in [0.1, 0.15) is 0 Å². The Balaban J connectivity index is 1.46. The molecule has 0 saturated carbocycles. The van der Waals surface area contributed by atoms with Crippen LogP contribution in [0.5, 0.6) is 11.5 Å². The second kappa shape index (κ2) is 10.1. The van der Waals surface area contributed by atoms with Gasteiger partial charge < -0.3 is 9.47 Å². The minimum atomic E-state index is 0.648. The lowest BCUT2D eigenvalue weighted by Gasteiger charge is -2.34. The van der Waals surface area contributed by atoms with Crippen LogP contribution in [0.15, 0.2) is 54.6 Å². The SMILES string of the molecule is CCOc1cc(CN2CCN(CC=Cc3ccccc3)CC2)ccc1OC. The summed E-state index contributed by atoms with van der Waals surface area (Å²) in [4.78, 5) is 5.02. The van der Waals surface area contributed by atoms with Crippen molar-refractivity contribution in [3.05, 3.63) is 65.7 Å². The zero-order valence-corrected chi connectivity index (χ0v) is 16.4. The molecule has 27 heavy (non-hydrogen) atoms. The molecule has 2 aromatic rings. The summed E-state index contributed by atoms with van der Waals surface area (Å²) in [5.74, 6) is 1.64. The maximum atomic E-state index is 5.70. The number of benzene rings is 2. The van der Waals surface area contributed by atoms with Crippen molar-refractivity contribution in [2.45, 2.75) is 13.5 Å². The molecule has 0 aromatic heterocycles. The van der Waals surface area contributed by atoms with Crippen LogP contribution in [0.2, 0.25) is 0 Å². The Morgan fingerprint density at radius 1 is 0.926 bits per heavy atom. The van der Waals surface area contributed by atoms with E-state index in [0.29, 0.717) is 6.61 Å². The van der Waals surface area contributed by atoms with Crippen LogP contribution in [0.3, 0.4) is 0 Å².